The highest BCUT2D eigenvalue weighted by atomic mass is 79.9. The molecule has 0 spiro atoms. The number of esters is 4. The highest BCUT2D eigenvalue weighted by molar-refractivity contribution is 9.10. The number of ether oxygens (including phenoxy) is 7. The van der Waals surface area contributed by atoms with Gasteiger partial charge in [0.2, 0.25) is 5.91 Å². The number of hydrogen-bond donors (Lipinski definition) is 1. The van der Waals surface area contributed by atoms with Crippen LogP contribution in [0.25, 0.3) is 0 Å². The van der Waals surface area contributed by atoms with Crippen molar-refractivity contribution in [3.63, 3.8) is 0 Å². The zero-order valence-corrected chi connectivity index (χ0v) is 21.5. The molecule has 1 fully saturated rings. The first-order valence-electron chi connectivity index (χ1n) is 10.1. The summed E-state index contributed by atoms with van der Waals surface area (Å²) < 4.78 is 36.0. The van der Waals surface area contributed by atoms with E-state index in [-0.39, 0.29) is 0 Å². The van der Waals surface area contributed by atoms with Gasteiger partial charge in [-0.15, -0.1) is 0 Å². The molecule has 1 heterocycles. The zero-order chi connectivity index (χ0) is 26.2. The maximum Gasteiger partial charge on any atom is 0.327 e. The Hall–Kier alpha value is -2.29. The standard InChI is InChI=1S/C20H30BrNO12/c1-9(23)22-14-16(32-12(4)26)15(31-11(3)25)13(8-30-10(2)24)33-17(14)34-19(29-7)20(5,21)18(27)28-6/h13-17,19H,8H2,1-7H3,(H,22,23)/t13-,14-,15-,16-,17+,19-,20+/m1/s1. The van der Waals surface area contributed by atoms with Crippen LogP contribution in [0.4, 0.5) is 0 Å². The SMILES string of the molecule is COC(=O)[C@](C)(Br)[C@H](OC)O[C@@H]1O[C@H](COC(C)=O)[C@@H](OC(C)=O)[C@H](OC(C)=O)[C@H]1NC(C)=O. The Morgan fingerprint density at radius 2 is 1.53 bits per heavy atom. The summed E-state index contributed by atoms with van der Waals surface area (Å²) in [4.78, 5) is 59.3. The average Bonchev–Trinajstić information content (AvgIpc) is 2.72. The Balaban J connectivity index is 3.48. The van der Waals surface area contributed by atoms with Crippen LogP contribution >= 0.6 is 15.9 Å². The third kappa shape index (κ3) is 8.18. The number of carbonyl (C=O) groups excluding carboxylic acids is 5. The summed E-state index contributed by atoms with van der Waals surface area (Å²) >= 11 is 3.21. The van der Waals surface area contributed by atoms with E-state index in [9.17, 15) is 24.0 Å². The Bertz CT molecular complexity index is 773. The van der Waals surface area contributed by atoms with E-state index in [1.165, 1.54) is 28.1 Å². The molecule has 1 aliphatic rings. The van der Waals surface area contributed by atoms with Gasteiger partial charge in [-0.25, -0.2) is 0 Å². The molecule has 0 aromatic carbocycles. The predicted octanol–water partition coefficient (Wildman–Crippen LogP) is -0.0418. The molecular weight excluding hydrogens is 526 g/mol. The zero-order valence-electron chi connectivity index (χ0n) is 19.9. The molecule has 0 aromatic heterocycles. The van der Waals surface area contributed by atoms with Crippen molar-refractivity contribution in [2.24, 2.45) is 0 Å². The van der Waals surface area contributed by atoms with Crippen LogP contribution < -0.4 is 5.32 Å². The first-order valence-corrected chi connectivity index (χ1v) is 10.9. The fourth-order valence-corrected chi connectivity index (χ4v) is 3.69. The number of nitrogens with one attached hydrogen (secondary N) is 1. The van der Waals surface area contributed by atoms with Crippen LogP contribution in [-0.2, 0) is 57.1 Å². The van der Waals surface area contributed by atoms with Crippen LogP contribution in [0.2, 0.25) is 0 Å². The average molecular weight is 556 g/mol. The molecule has 0 saturated carbocycles. The summed E-state index contributed by atoms with van der Waals surface area (Å²) in [6.07, 6.45) is -6.54. The van der Waals surface area contributed by atoms with Crippen molar-refractivity contribution in [1.82, 2.24) is 5.32 Å². The van der Waals surface area contributed by atoms with E-state index in [1.807, 2.05) is 0 Å². The van der Waals surface area contributed by atoms with Gasteiger partial charge in [0, 0.05) is 34.8 Å². The van der Waals surface area contributed by atoms with Gasteiger partial charge in [0.15, 0.2) is 29.1 Å². The van der Waals surface area contributed by atoms with Gasteiger partial charge in [-0.05, 0) is 6.92 Å². The lowest BCUT2D eigenvalue weighted by molar-refractivity contribution is -0.315. The molecule has 1 amide bonds. The molecule has 14 heteroatoms. The van der Waals surface area contributed by atoms with E-state index in [2.05, 4.69) is 21.2 Å². The third-order valence-corrected chi connectivity index (χ3v) is 5.27. The second-order valence-electron chi connectivity index (χ2n) is 7.49. The molecule has 34 heavy (non-hydrogen) atoms. The Kier molecular flexibility index (Phi) is 11.3. The molecule has 0 bridgehead atoms. The fraction of sp³-hybridized carbons (Fsp3) is 0.750. The topological polar surface area (TPSA) is 162 Å². The van der Waals surface area contributed by atoms with Crippen LogP contribution in [0.5, 0.6) is 0 Å². The largest absolute Gasteiger partial charge is 0.468 e. The van der Waals surface area contributed by atoms with Crippen LogP contribution in [0.1, 0.15) is 34.6 Å². The second kappa shape index (κ2) is 13.0. The van der Waals surface area contributed by atoms with Crippen LogP contribution in [0.15, 0.2) is 0 Å². The smallest absolute Gasteiger partial charge is 0.327 e. The number of hydrogen-bond acceptors (Lipinski definition) is 12. The van der Waals surface area contributed by atoms with Gasteiger partial charge in [-0.3, -0.25) is 24.0 Å². The van der Waals surface area contributed by atoms with Crippen LogP contribution in [-0.4, -0.2) is 91.9 Å². The maximum atomic E-state index is 12.2. The highest BCUT2D eigenvalue weighted by Crippen LogP contribution is 2.33. The van der Waals surface area contributed by atoms with Gasteiger partial charge >= 0.3 is 23.9 Å². The predicted molar refractivity (Wildman–Crippen MR) is 115 cm³/mol. The first kappa shape index (κ1) is 29.7. The molecule has 1 aliphatic heterocycles. The van der Waals surface area contributed by atoms with Gasteiger partial charge in [-0.2, -0.15) is 0 Å². The van der Waals surface area contributed by atoms with E-state index >= 15 is 0 Å². The normalized spacial score (nSPS) is 26.9. The van der Waals surface area contributed by atoms with Gasteiger partial charge < -0.3 is 38.5 Å². The second-order valence-corrected chi connectivity index (χ2v) is 9.14. The third-order valence-electron chi connectivity index (χ3n) is 4.57. The summed E-state index contributed by atoms with van der Waals surface area (Å²) in [6.45, 7) is 5.62. The quantitative estimate of drug-likeness (QED) is 0.166. The molecule has 7 atom stereocenters. The van der Waals surface area contributed by atoms with Crippen molar-refractivity contribution in [3.8, 4) is 0 Å². The molecule has 13 nitrogen and oxygen atoms in total. The number of carbonyl (C=O) groups is 5. The van der Waals surface area contributed by atoms with E-state index in [0.29, 0.717) is 0 Å². The minimum Gasteiger partial charge on any atom is -0.468 e. The summed E-state index contributed by atoms with van der Waals surface area (Å²) in [5.41, 5.74) is 0. The lowest BCUT2D eigenvalue weighted by Gasteiger charge is -2.46. The molecule has 1 N–H and O–H groups in total. The van der Waals surface area contributed by atoms with Gasteiger partial charge in [-0.1, -0.05) is 15.9 Å². The molecule has 0 aliphatic carbocycles. The number of rotatable bonds is 10. The number of halogens is 1. The van der Waals surface area contributed by atoms with Crippen molar-refractivity contribution < 1.29 is 57.1 Å². The molecule has 1 rings (SSSR count). The van der Waals surface area contributed by atoms with E-state index in [4.69, 9.17) is 33.2 Å². The van der Waals surface area contributed by atoms with Gasteiger partial charge in [0.1, 0.15) is 18.8 Å². The molecule has 194 valence electrons. The minimum atomic E-state index is -1.52. The summed E-state index contributed by atoms with van der Waals surface area (Å²) in [7, 11) is 2.42. The van der Waals surface area contributed by atoms with Crippen molar-refractivity contribution in [2.75, 3.05) is 20.8 Å². The van der Waals surface area contributed by atoms with Crippen LogP contribution in [0.3, 0.4) is 0 Å². The molecule has 1 saturated heterocycles. The summed E-state index contributed by atoms with van der Waals surface area (Å²) in [5, 5.41) is 2.55. The molecule has 0 aromatic rings. The Labute approximate surface area is 205 Å². The lowest BCUT2D eigenvalue weighted by atomic mass is 9.96. The van der Waals surface area contributed by atoms with E-state index in [1.54, 1.807) is 0 Å². The maximum absolute atomic E-state index is 12.2. The monoisotopic (exact) mass is 555 g/mol. The number of alkyl halides is 1. The summed E-state index contributed by atoms with van der Waals surface area (Å²) in [5.74, 6) is -3.44. The van der Waals surface area contributed by atoms with Crippen molar-refractivity contribution in [1.29, 1.82) is 0 Å². The lowest BCUT2D eigenvalue weighted by Crippen LogP contribution is -2.67. The van der Waals surface area contributed by atoms with E-state index in [0.717, 1.165) is 20.8 Å². The van der Waals surface area contributed by atoms with Gasteiger partial charge in [0.05, 0.1) is 7.11 Å². The molecular formula is C20H30BrNO12. The Morgan fingerprint density at radius 1 is 0.971 bits per heavy atom. The molecule has 0 unspecified atom stereocenters. The Morgan fingerprint density at radius 3 is 1.97 bits per heavy atom. The van der Waals surface area contributed by atoms with Crippen molar-refractivity contribution >= 4 is 45.7 Å². The summed E-state index contributed by atoms with van der Waals surface area (Å²) in [6, 6.07) is -1.22. The highest BCUT2D eigenvalue weighted by Gasteiger charge is 2.53. The van der Waals surface area contributed by atoms with Crippen molar-refractivity contribution in [3.05, 3.63) is 0 Å². The number of methoxy groups -OCH3 is 2. The molecule has 0 radical (unpaired) electrons. The van der Waals surface area contributed by atoms with E-state index < -0.39 is 77.6 Å². The van der Waals surface area contributed by atoms with Crippen LogP contribution in [0, 0.1) is 0 Å². The minimum absolute atomic E-state index is 0.405. The van der Waals surface area contributed by atoms with Gasteiger partial charge in [0.25, 0.3) is 0 Å². The van der Waals surface area contributed by atoms with Crippen molar-refractivity contribution in [2.45, 2.75) is 75.9 Å². The number of amides is 1. The first-order chi connectivity index (χ1) is 15.7. The fourth-order valence-electron chi connectivity index (χ4n) is 3.23.